The molecule has 0 amide bonds. The Morgan fingerprint density at radius 3 is 2.87 bits per heavy atom. The van der Waals surface area contributed by atoms with E-state index in [1.54, 1.807) is 0 Å². The maximum atomic E-state index is 5.84. The first kappa shape index (κ1) is 10.5. The van der Waals surface area contributed by atoms with Gasteiger partial charge in [-0.25, -0.2) is 4.98 Å². The summed E-state index contributed by atoms with van der Waals surface area (Å²) in [6.45, 7) is 5.14. The fourth-order valence-corrected chi connectivity index (χ4v) is 1.88. The van der Waals surface area contributed by atoms with Crippen LogP contribution in [0, 0.1) is 12.8 Å². The fraction of sp³-hybridized carbons (Fsp3) is 0.417. The molecule has 1 unspecified atom stereocenters. The van der Waals surface area contributed by atoms with Gasteiger partial charge in [0.25, 0.3) is 0 Å². The zero-order valence-corrected chi connectivity index (χ0v) is 9.83. The Kier molecular flexibility index (Phi) is 2.96. The van der Waals surface area contributed by atoms with Crippen molar-refractivity contribution in [2.75, 3.05) is 5.88 Å². The molecule has 0 N–H and O–H groups in total. The van der Waals surface area contributed by atoms with Gasteiger partial charge in [-0.1, -0.05) is 19.1 Å². The molecular weight excluding hydrogens is 208 g/mol. The van der Waals surface area contributed by atoms with Crippen LogP contribution in [-0.2, 0) is 6.54 Å². The van der Waals surface area contributed by atoms with E-state index in [0.717, 1.165) is 17.9 Å². The number of imidazole rings is 1. The van der Waals surface area contributed by atoms with Gasteiger partial charge in [0.2, 0.25) is 0 Å². The molecule has 2 aromatic rings. The van der Waals surface area contributed by atoms with Crippen molar-refractivity contribution in [3.8, 4) is 0 Å². The van der Waals surface area contributed by atoms with Crippen LogP contribution in [0.15, 0.2) is 24.3 Å². The maximum absolute atomic E-state index is 5.84. The van der Waals surface area contributed by atoms with Crippen LogP contribution in [0.5, 0.6) is 0 Å². The zero-order valence-electron chi connectivity index (χ0n) is 9.07. The number of halogens is 1. The Bertz CT molecular complexity index is 462. The molecule has 0 saturated heterocycles. The van der Waals surface area contributed by atoms with Gasteiger partial charge < -0.3 is 4.57 Å². The van der Waals surface area contributed by atoms with E-state index in [2.05, 4.69) is 22.5 Å². The average molecular weight is 223 g/mol. The number of rotatable bonds is 3. The van der Waals surface area contributed by atoms with Crippen molar-refractivity contribution in [1.82, 2.24) is 9.55 Å². The molecule has 2 rings (SSSR count). The first-order valence-electron chi connectivity index (χ1n) is 5.20. The number of aryl methyl sites for hydroxylation is 1. The molecule has 2 nitrogen and oxygen atoms in total. The molecule has 1 atom stereocenters. The van der Waals surface area contributed by atoms with Crippen LogP contribution in [-0.4, -0.2) is 15.4 Å². The SMILES string of the molecule is Cc1nc2ccccc2n1CC(C)CCl. The summed E-state index contributed by atoms with van der Waals surface area (Å²) in [6, 6.07) is 8.22. The second kappa shape index (κ2) is 4.23. The van der Waals surface area contributed by atoms with Gasteiger partial charge in [-0.2, -0.15) is 0 Å². The minimum absolute atomic E-state index is 0.475. The third kappa shape index (κ3) is 2.00. The molecule has 0 bridgehead atoms. The van der Waals surface area contributed by atoms with Crippen LogP contribution >= 0.6 is 11.6 Å². The fourth-order valence-electron chi connectivity index (χ4n) is 1.79. The van der Waals surface area contributed by atoms with Crippen LogP contribution in [0.2, 0.25) is 0 Å². The van der Waals surface area contributed by atoms with Gasteiger partial charge in [0.15, 0.2) is 0 Å². The second-order valence-corrected chi connectivity index (χ2v) is 4.33. The van der Waals surface area contributed by atoms with Gasteiger partial charge in [-0.05, 0) is 25.0 Å². The summed E-state index contributed by atoms with van der Waals surface area (Å²) in [4.78, 5) is 4.52. The van der Waals surface area contributed by atoms with Crippen LogP contribution < -0.4 is 0 Å². The van der Waals surface area contributed by atoms with E-state index in [1.807, 2.05) is 25.1 Å². The first-order valence-corrected chi connectivity index (χ1v) is 5.73. The molecule has 0 aliphatic carbocycles. The Balaban J connectivity index is 2.45. The summed E-state index contributed by atoms with van der Waals surface area (Å²) in [5.74, 6) is 2.22. The molecule has 0 aliphatic heterocycles. The molecule has 15 heavy (non-hydrogen) atoms. The molecule has 1 heterocycles. The Morgan fingerprint density at radius 2 is 2.13 bits per heavy atom. The summed E-state index contributed by atoms with van der Waals surface area (Å²) in [6.07, 6.45) is 0. The number of para-hydroxylation sites is 2. The van der Waals surface area contributed by atoms with E-state index < -0.39 is 0 Å². The van der Waals surface area contributed by atoms with Crippen molar-refractivity contribution in [3.05, 3.63) is 30.1 Å². The smallest absolute Gasteiger partial charge is 0.106 e. The standard InChI is InChI=1S/C12H15ClN2/c1-9(7-13)8-15-10(2)14-11-5-3-4-6-12(11)15/h3-6,9H,7-8H2,1-2H3. The molecule has 0 saturated carbocycles. The monoisotopic (exact) mass is 222 g/mol. The minimum atomic E-state index is 0.475. The lowest BCUT2D eigenvalue weighted by molar-refractivity contribution is 0.529. The highest BCUT2D eigenvalue weighted by molar-refractivity contribution is 6.18. The van der Waals surface area contributed by atoms with Gasteiger partial charge in [-0.15, -0.1) is 11.6 Å². The van der Waals surface area contributed by atoms with Crippen LogP contribution in [0.3, 0.4) is 0 Å². The summed E-state index contributed by atoms with van der Waals surface area (Å²) < 4.78 is 2.24. The Labute approximate surface area is 94.9 Å². The number of nitrogens with zero attached hydrogens (tertiary/aromatic N) is 2. The van der Waals surface area contributed by atoms with Gasteiger partial charge in [0.05, 0.1) is 11.0 Å². The summed E-state index contributed by atoms with van der Waals surface area (Å²) >= 11 is 5.84. The molecule has 0 spiro atoms. The molecule has 80 valence electrons. The largest absolute Gasteiger partial charge is 0.328 e. The molecule has 1 aromatic heterocycles. The second-order valence-electron chi connectivity index (χ2n) is 4.02. The molecule has 3 heteroatoms. The van der Waals surface area contributed by atoms with Crippen molar-refractivity contribution in [2.45, 2.75) is 20.4 Å². The first-order chi connectivity index (χ1) is 7.22. The summed E-state index contributed by atoms with van der Waals surface area (Å²) in [5.41, 5.74) is 2.27. The Hall–Kier alpha value is -1.02. The molecule has 0 aliphatic rings. The lowest BCUT2D eigenvalue weighted by atomic mass is 10.2. The van der Waals surface area contributed by atoms with Crippen LogP contribution in [0.25, 0.3) is 11.0 Å². The topological polar surface area (TPSA) is 17.8 Å². The lowest BCUT2D eigenvalue weighted by Crippen LogP contribution is -2.10. The number of hydrogen-bond acceptors (Lipinski definition) is 1. The van der Waals surface area contributed by atoms with Crippen molar-refractivity contribution in [3.63, 3.8) is 0 Å². The van der Waals surface area contributed by atoms with E-state index in [4.69, 9.17) is 11.6 Å². The van der Waals surface area contributed by atoms with E-state index in [1.165, 1.54) is 5.52 Å². The van der Waals surface area contributed by atoms with Gasteiger partial charge in [0.1, 0.15) is 5.82 Å². The molecule has 0 radical (unpaired) electrons. The highest BCUT2D eigenvalue weighted by Crippen LogP contribution is 2.17. The number of aromatic nitrogens is 2. The third-order valence-electron chi connectivity index (χ3n) is 2.60. The van der Waals surface area contributed by atoms with Crippen LogP contribution in [0.4, 0.5) is 0 Å². The maximum Gasteiger partial charge on any atom is 0.106 e. The van der Waals surface area contributed by atoms with Gasteiger partial charge in [-0.3, -0.25) is 0 Å². The average Bonchev–Trinajstić information content (AvgIpc) is 2.55. The lowest BCUT2D eigenvalue weighted by Gasteiger charge is -2.11. The number of benzene rings is 1. The number of hydrogen-bond donors (Lipinski definition) is 0. The number of alkyl halides is 1. The summed E-state index contributed by atoms with van der Waals surface area (Å²) in [7, 11) is 0. The predicted molar refractivity (Wildman–Crippen MR) is 64.4 cm³/mol. The van der Waals surface area contributed by atoms with Crippen LogP contribution in [0.1, 0.15) is 12.7 Å². The normalized spacial score (nSPS) is 13.3. The van der Waals surface area contributed by atoms with E-state index in [0.29, 0.717) is 11.8 Å². The van der Waals surface area contributed by atoms with E-state index in [9.17, 15) is 0 Å². The quantitative estimate of drug-likeness (QED) is 0.730. The van der Waals surface area contributed by atoms with Crippen molar-refractivity contribution < 1.29 is 0 Å². The predicted octanol–water partition coefficient (Wildman–Crippen LogP) is 3.22. The molecular formula is C12H15ClN2. The molecule has 0 fully saturated rings. The molecule has 1 aromatic carbocycles. The van der Waals surface area contributed by atoms with Crippen molar-refractivity contribution >= 4 is 22.6 Å². The van der Waals surface area contributed by atoms with Gasteiger partial charge in [0, 0.05) is 12.4 Å². The Morgan fingerprint density at radius 1 is 1.40 bits per heavy atom. The number of fused-ring (bicyclic) bond motifs is 1. The minimum Gasteiger partial charge on any atom is -0.328 e. The van der Waals surface area contributed by atoms with Crippen molar-refractivity contribution in [2.24, 2.45) is 5.92 Å². The zero-order chi connectivity index (χ0) is 10.8. The van der Waals surface area contributed by atoms with Gasteiger partial charge >= 0.3 is 0 Å². The highest BCUT2D eigenvalue weighted by atomic mass is 35.5. The van der Waals surface area contributed by atoms with Crippen molar-refractivity contribution in [1.29, 1.82) is 0 Å². The highest BCUT2D eigenvalue weighted by Gasteiger charge is 2.09. The van der Waals surface area contributed by atoms with E-state index in [-0.39, 0.29) is 0 Å². The van der Waals surface area contributed by atoms with E-state index >= 15 is 0 Å². The third-order valence-corrected chi connectivity index (χ3v) is 3.13. The summed E-state index contributed by atoms with van der Waals surface area (Å²) in [5, 5.41) is 0.